The Morgan fingerprint density at radius 1 is 1.60 bits per heavy atom. The monoisotopic (exact) mass is 282 g/mol. The average Bonchev–Trinajstić information content (AvgIpc) is 2.38. The predicted molar refractivity (Wildman–Crippen MR) is 72.0 cm³/mol. The topological polar surface area (TPSA) is 75.8 Å². The third-order valence-corrected chi connectivity index (χ3v) is 3.22. The van der Waals surface area contributed by atoms with Gasteiger partial charge >= 0.3 is 0 Å². The van der Waals surface area contributed by atoms with E-state index in [-0.39, 0.29) is 17.4 Å². The van der Waals surface area contributed by atoms with Gasteiger partial charge in [-0.3, -0.25) is 4.79 Å². The van der Waals surface area contributed by atoms with Crippen molar-refractivity contribution in [3.8, 4) is 5.75 Å². The molecule has 1 saturated heterocycles. The van der Waals surface area contributed by atoms with Crippen molar-refractivity contribution >= 4 is 5.91 Å². The molecule has 110 valence electrons. The Bertz CT molecular complexity index is 519. The van der Waals surface area contributed by atoms with Crippen molar-refractivity contribution in [2.75, 3.05) is 19.6 Å². The first-order valence-corrected chi connectivity index (χ1v) is 6.48. The zero-order valence-corrected chi connectivity index (χ0v) is 11.6. The van der Waals surface area contributed by atoms with Gasteiger partial charge in [0.2, 0.25) is 0 Å². The van der Waals surface area contributed by atoms with Crippen LogP contribution in [0, 0.1) is 5.82 Å². The Morgan fingerprint density at radius 2 is 2.30 bits per heavy atom. The van der Waals surface area contributed by atoms with Gasteiger partial charge in [-0.1, -0.05) is 0 Å². The van der Waals surface area contributed by atoms with Crippen molar-refractivity contribution in [1.29, 1.82) is 0 Å². The van der Waals surface area contributed by atoms with Crippen LogP contribution >= 0.6 is 0 Å². The molecule has 1 unspecified atom stereocenters. The molecule has 5 nitrogen and oxygen atoms in total. The molecule has 6 heteroatoms. The van der Waals surface area contributed by atoms with Gasteiger partial charge in [0, 0.05) is 19.6 Å². The number of hydrogen-bond acceptors (Lipinski definition) is 4. The number of amides is 1. The molecular formula is C14H19FN2O3. The average molecular weight is 282 g/mol. The summed E-state index contributed by atoms with van der Waals surface area (Å²) in [5.74, 6) is -1.21. The summed E-state index contributed by atoms with van der Waals surface area (Å²) in [6.45, 7) is 4.70. The fourth-order valence-corrected chi connectivity index (χ4v) is 2.42. The van der Waals surface area contributed by atoms with Crippen LogP contribution in [-0.4, -0.2) is 47.3 Å². The number of nitrogens with zero attached hydrogens (tertiary/aromatic N) is 1. The predicted octanol–water partition coefficient (Wildman–Crippen LogP) is 1.11. The summed E-state index contributed by atoms with van der Waals surface area (Å²) in [4.78, 5) is 14.0. The van der Waals surface area contributed by atoms with Crippen LogP contribution in [0.2, 0.25) is 0 Å². The van der Waals surface area contributed by atoms with Crippen molar-refractivity contribution < 1.29 is 19.0 Å². The number of ether oxygens (including phenoxy) is 1. The van der Waals surface area contributed by atoms with Crippen molar-refractivity contribution in [3.05, 3.63) is 29.6 Å². The Balaban J connectivity index is 2.25. The quantitative estimate of drug-likeness (QED) is 0.852. The molecule has 0 radical (unpaired) electrons. The lowest BCUT2D eigenvalue weighted by Gasteiger charge is -2.42. The molecule has 0 saturated carbocycles. The van der Waals surface area contributed by atoms with Crippen molar-refractivity contribution in [3.63, 3.8) is 0 Å². The molecule has 1 aliphatic heterocycles. The van der Waals surface area contributed by atoms with Crippen LogP contribution in [0.4, 0.5) is 4.39 Å². The Hall–Kier alpha value is -1.66. The van der Waals surface area contributed by atoms with Crippen LogP contribution in [-0.2, 0) is 4.74 Å². The Morgan fingerprint density at radius 3 is 2.95 bits per heavy atom. The summed E-state index contributed by atoms with van der Waals surface area (Å²) in [6, 6.07) is 3.32. The van der Waals surface area contributed by atoms with Crippen LogP contribution in [0.1, 0.15) is 24.2 Å². The van der Waals surface area contributed by atoms with E-state index in [9.17, 15) is 14.3 Å². The fourth-order valence-electron chi connectivity index (χ4n) is 2.42. The number of benzene rings is 1. The number of nitrogens with two attached hydrogens (primary N) is 1. The van der Waals surface area contributed by atoms with Crippen molar-refractivity contribution in [2.24, 2.45) is 5.73 Å². The lowest BCUT2D eigenvalue weighted by Crippen LogP contribution is -2.56. The maximum absolute atomic E-state index is 13.2. The molecule has 0 aromatic heterocycles. The number of morpholine rings is 1. The van der Waals surface area contributed by atoms with Gasteiger partial charge in [-0.15, -0.1) is 0 Å². The number of carbonyl (C=O) groups excluding carboxylic acids is 1. The molecule has 1 heterocycles. The first-order chi connectivity index (χ1) is 9.32. The number of phenols is 1. The van der Waals surface area contributed by atoms with E-state index in [0.29, 0.717) is 19.6 Å². The van der Waals surface area contributed by atoms with Gasteiger partial charge < -0.3 is 20.5 Å². The van der Waals surface area contributed by atoms with E-state index in [2.05, 4.69) is 0 Å². The van der Waals surface area contributed by atoms with Crippen LogP contribution < -0.4 is 5.73 Å². The van der Waals surface area contributed by atoms with E-state index < -0.39 is 17.3 Å². The molecule has 0 spiro atoms. The van der Waals surface area contributed by atoms with Gasteiger partial charge in [0.1, 0.15) is 11.6 Å². The zero-order chi connectivity index (χ0) is 14.9. The smallest absolute Gasteiger partial charge is 0.257 e. The largest absolute Gasteiger partial charge is 0.507 e. The van der Waals surface area contributed by atoms with Crippen LogP contribution in [0.3, 0.4) is 0 Å². The minimum atomic E-state index is -0.561. The second-order valence-corrected chi connectivity index (χ2v) is 5.58. The highest BCUT2D eigenvalue weighted by Crippen LogP contribution is 2.25. The molecule has 2 rings (SSSR count). The van der Waals surface area contributed by atoms with E-state index in [0.717, 1.165) is 12.1 Å². The molecule has 1 aliphatic rings. The zero-order valence-electron chi connectivity index (χ0n) is 11.6. The maximum atomic E-state index is 13.2. The summed E-state index contributed by atoms with van der Waals surface area (Å²) in [6.07, 6.45) is -0.265. The van der Waals surface area contributed by atoms with Crippen molar-refractivity contribution in [2.45, 2.75) is 25.6 Å². The Kier molecular flexibility index (Phi) is 3.96. The summed E-state index contributed by atoms with van der Waals surface area (Å²) >= 11 is 0. The Labute approximate surface area is 117 Å². The molecular weight excluding hydrogens is 263 g/mol. The lowest BCUT2D eigenvalue weighted by atomic mass is 10.0. The molecule has 3 N–H and O–H groups in total. The number of phenolic OH excluding ortho intramolecular Hbond substituents is 1. The van der Waals surface area contributed by atoms with Crippen molar-refractivity contribution in [1.82, 2.24) is 4.90 Å². The second-order valence-electron chi connectivity index (χ2n) is 5.58. The molecule has 1 aromatic carbocycles. The fraction of sp³-hybridized carbons (Fsp3) is 0.500. The third-order valence-electron chi connectivity index (χ3n) is 3.22. The minimum absolute atomic E-state index is 0.0431. The van der Waals surface area contributed by atoms with Crippen LogP contribution in [0.15, 0.2) is 18.2 Å². The van der Waals surface area contributed by atoms with Gasteiger partial charge in [-0.2, -0.15) is 0 Å². The van der Waals surface area contributed by atoms with Gasteiger partial charge in [-0.25, -0.2) is 4.39 Å². The van der Waals surface area contributed by atoms with Gasteiger partial charge in [0.25, 0.3) is 5.91 Å². The second kappa shape index (κ2) is 5.38. The molecule has 20 heavy (non-hydrogen) atoms. The highest BCUT2D eigenvalue weighted by molar-refractivity contribution is 5.97. The standard InChI is InChI=1S/C14H19FN2O3/c1-14(2)8-17(7-10(6-16)20-14)13(19)11-5-9(15)3-4-12(11)18/h3-5,10,18H,6-8,16H2,1-2H3. The maximum Gasteiger partial charge on any atom is 0.257 e. The third kappa shape index (κ3) is 3.08. The van der Waals surface area contributed by atoms with E-state index in [4.69, 9.17) is 10.5 Å². The summed E-state index contributed by atoms with van der Waals surface area (Å²) in [7, 11) is 0. The van der Waals surface area contributed by atoms with E-state index >= 15 is 0 Å². The SMILES string of the molecule is CC1(C)CN(C(=O)c2cc(F)ccc2O)CC(CN)O1. The molecule has 0 aliphatic carbocycles. The number of aromatic hydroxyl groups is 1. The first kappa shape index (κ1) is 14.7. The van der Waals surface area contributed by atoms with Gasteiger partial charge in [0.15, 0.2) is 0 Å². The minimum Gasteiger partial charge on any atom is -0.507 e. The van der Waals surface area contributed by atoms with E-state index in [1.54, 1.807) is 0 Å². The lowest BCUT2D eigenvalue weighted by molar-refractivity contribution is -0.122. The van der Waals surface area contributed by atoms with E-state index in [1.807, 2.05) is 13.8 Å². The van der Waals surface area contributed by atoms with Gasteiger partial charge in [0.05, 0.1) is 17.3 Å². The molecule has 1 aromatic rings. The van der Waals surface area contributed by atoms with Crippen LogP contribution in [0.25, 0.3) is 0 Å². The molecule has 0 bridgehead atoms. The van der Waals surface area contributed by atoms with Crippen LogP contribution in [0.5, 0.6) is 5.75 Å². The normalized spacial score (nSPS) is 21.8. The number of rotatable bonds is 2. The molecule has 1 amide bonds. The number of hydrogen-bond donors (Lipinski definition) is 2. The molecule has 1 atom stereocenters. The van der Waals surface area contributed by atoms with Gasteiger partial charge in [-0.05, 0) is 32.0 Å². The number of halogens is 1. The molecule has 1 fully saturated rings. The summed E-state index contributed by atoms with van der Waals surface area (Å²) in [5.41, 5.74) is 5.04. The summed E-state index contributed by atoms with van der Waals surface area (Å²) < 4.78 is 19.0. The van der Waals surface area contributed by atoms with E-state index in [1.165, 1.54) is 11.0 Å². The number of carbonyl (C=O) groups is 1. The highest BCUT2D eigenvalue weighted by Gasteiger charge is 2.35. The highest BCUT2D eigenvalue weighted by atomic mass is 19.1. The first-order valence-electron chi connectivity index (χ1n) is 6.48. The summed E-state index contributed by atoms with van der Waals surface area (Å²) in [5, 5.41) is 9.72.